The first-order chi connectivity index (χ1) is 15.7. The van der Waals surface area contributed by atoms with Gasteiger partial charge >= 0.3 is 0 Å². The Bertz CT molecular complexity index is 917. The van der Waals surface area contributed by atoms with E-state index in [2.05, 4.69) is 74.9 Å². The molecule has 182 valence electrons. The van der Waals surface area contributed by atoms with Crippen molar-refractivity contribution in [2.24, 2.45) is 0 Å². The molecule has 3 nitrogen and oxygen atoms in total. The molecule has 33 heavy (non-hydrogen) atoms. The molecule has 0 spiro atoms. The number of hydrogen-bond acceptors (Lipinski definition) is 4. The van der Waals surface area contributed by atoms with E-state index in [9.17, 15) is 0 Å². The molecule has 4 heteroatoms. The predicted molar refractivity (Wildman–Crippen MR) is 144 cm³/mol. The SMILES string of the molecule is CCN(CC)CCCN1CCC(c2nc(-c3ccc4c(c3)C(C)(C)CCC4(C)C)cs2)CC1. The van der Waals surface area contributed by atoms with E-state index >= 15 is 0 Å². The van der Waals surface area contributed by atoms with Crippen molar-refractivity contribution < 1.29 is 0 Å². The average Bonchev–Trinajstić information content (AvgIpc) is 3.30. The Morgan fingerprint density at radius 2 is 1.67 bits per heavy atom. The molecule has 0 amide bonds. The molecule has 1 fully saturated rings. The number of nitrogens with zero attached hydrogens (tertiary/aromatic N) is 3. The summed E-state index contributed by atoms with van der Waals surface area (Å²) in [7, 11) is 0. The maximum atomic E-state index is 5.16. The number of aromatic nitrogens is 1. The molecular weight excluding hydrogens is 422 g/mol. The summed E-state index contributed by atoms with van der Waals surface area (Å²) in [6.07, 6.45) is 6.32. The molecule has 0 atom stereocenters. The van der Waals surface area contributed by atoms with Crippen LogP contribution in [0.3, 0.4) is 0 Å². The van der Waals surface area contributed by atoms with Gasteiger partial charge in [0.2, 0.25) is 0 Å². The van der Waals surface area contributed by atoms with E-state index in [1.54, 1.807) is 0 Å². The van der Waals surface area contributed by atoms with Crippen molar-refractivity contribution >= 4 is 11.3 Å². The molecule has 0 unspecified atom stereocenters. The Morgan fingerprint density at radius 1 is 1.00 bits per heavy atom. The Morgan fingerprint density at radius 3 is 2.33 bits per heavy atom. The molecule has 1 aromatic heterocycles. The predicted octanol–water partition coefficient (Wildman–Crippen LogP) is 7.07. The standard InChI is InChI=1S/C29H45N3S/c1-7-31(8-2)16-9-17-32-18-12-22(13-19-32)27-30-26(21-33-27)23-10-11-24-25(20-23)29(5,6)15-14-28(24,3)4/h10-11,20-22H,7-9,12-19H2,1-6H3. The minimum atomic E-state index is 0.248. The van der Waals surface area contributed by atoms with Gasteiger partial charge in [0, 0.05) is 16.9 Å². The molecule has 2 aliphatic rings. The fourth-order valence-corrected chi connectivity index (χ4v) is 6.82. The van der Waals surface area contributed by atoms with Gasteiger partial charge in [-0.25, -0.2) is 4.98 Å². The lowest BCUT2D eigenvalue weighted by molar-refractivity contribution is 0.195. The maximum absolute atomic E-state index is 5.16. The quantitative estimate of drug-likeness (QED) is 0.414. The maximum Gasteiger partial charge on any atom is 0.0964 e. The van der Waals surface area contributed by atoms with Gasteiger partial charge in [-0.2, -0.15) is 0 Å². The van der Waals surface area contributed by atoms with E-state index in [0.717, 1.165) is 0 Å². The first kappa shape index (κ1) is 24.9. The average molecular weight is 468 g/mol. The van der Waals surface area contributed by atoms with Crippen molar-refractivity contribution in [3.8, 4) is 11.3 Å². The lowest BCUT2D eigenvalue weighted by Gasteiger charge is -2.42. The Hall–Kier alpha value is -1.23. The second-order valence-electron chi connectivity index (χ2n) is 11.6. The third kappa shape index (κ3) is 5.55. The summed E-state index contributed by atoms with van der Waals surface area (Å²) >= 11 is 1.88. The number of fused-ring (bicyclic) bond motifs is 1. The Labute approximate surface area is 206 Å². The van der Waals surface area contributed by atoms with Crippen molar-refractivity contribution in [2.75, 3.05) is 39.3 Å². The molecule has 4 rings (SSSR count). The van der Waals surface area contributed by atoms with Crippen LogP contribution in [0.25, 0.3) is 11.3 Å². The summed E-state index contributed by atoms with van der Waals surface area (Å²) in [5, 5.41) is 3.65. The van der Waals surface area contributed by atoms with Gasteiger partial charge in [0.1, 0.15) is 0 Å². The lowest BCUT2D eigenvalue weighted by atomic mass is 9.63. The topological polar surface area (TPSA) is 19.4 Å². The lowest BCUT2D eigenvalue weighted by Crippen LogP contribution is -2.35. The number of piperidine rings is 1. The van der Waals surface area contributed by atoms with E-state index in [4.69, 9.17) is 4.98 Å². The van der Waals surface area contributed by atoms with Gasteiger partial charge in [-0.15, -0.1) is 11.3 Å². The molecule has 1 aromatic carbocycles. The summed E-state index contributed by atoms with van der Waals surface area (Å²) in [6, 6.07) is 7.16. The highest BCUT2D eigenvalue weighted by atomic mass is 32.1. The third-order valence-corrected chi connectivity index (χ3v) is 9.46. The van der Waals surface area contributed by atoms with Crippen LogP contribution in [-0.2, 0) is 10.8 Å². The first-order valence-corrected chi connectivity index (χ1v) is 14.2. The van der Waals surface area contributed by atoms with Gasteiger partial charge in [0.25, 0.3) is 0 Å². The molecular formula is C29H45N3S. The second-order valence-corrected chi connectivity index (χ2v) is 12.5. The molecule has 1 aliphatic heterocycles. The van der Waals surface area contributed by atoms with Crippen LogP contribution in [0.15, 0.2) is 23.6 Å². The van der Waals surface area contributed by atoms with Gasteiger partial charge in [0.15, 0.2) is 0 Å². The molecule has 0 saturated carbocycles. The number of rotatable bonds is 8. The summed E-state index contributed by atoms with van der Waals surface area (Å²) in [4.78, 5) is 10.4. The van der Waals surface area contributed by atoms with Crippen LogP contribution in [0.5, 0.6) is 0 Å². The zero-order valence-corrected chi connectivity index (χ0v) is 22.7. The van der Waals surface area contributed by atoms with Crippen molar-refractivity contribution in [3.63, 3.8) is 0 Å². The zero-order valence-electron chi connectivity index (χ0n) is 21.9. The van der Waals surface area contributed by atoms with Crippen molar-refractivity contribution in [1.29, 1.82) is 0 Å². The van der Waals surface area contributed by atoms with Crippen LogP contribution in [-0.4, -0.2) is 54.1 Å². The Balaban J connectivity index is 1.38. The summed E-state index contributed by atoms with van der Waals surface area (Å²) in [5.41, 5.74) is 6.07. The smallest absolute Gasteiger partial charge is 0.0964 e. The number of hydrogen-bond donors (Lipinski definition) is 0. The molecule has 0 N–H and O–H groups in total. The van der Waals surface area contributed by atoms with Gasteiger partial charge in [0.05, 0.1) is 10.7 Å². The second kappa shape index (κ2) is 10.2. The van der Waals surface area contributed by atoms with Crippen LogP contribution >= 0.6 is 11.3 Å². The number of likely N-dealkylation sites (tertiary alicyclic amines) is 1. The summed E-state index contributed by atoms with van der Waals surface area (Å²) < 4.78 is 0. The fourth-order valence-electron chi connectivity index (χ4n) is 5.82. The molecule has 1 aliphatic carbocycles. The van der Waals surface area contributed by atoms with Crippen LogP contribution in [0, 0.1) is 0 Å². The van der Waals surface area contributed by atoms with Crippen molar-refractivity contribution in [1.82, 2.24) is 14.8 Å². The van der Waals surface area contributed by atoms with E-state index in [1.807, 2.05) is 11.3 Å². The molecule has 0 radical (unpaired) electrons. The highest BCUT2D eigenvalue weighted by molar-refractivity contribution is 7.10. The normalized spacial score (nSPS) is 20.8. The van der Waals surface area contributed by atoms with Crippen molar-refractivity contribution in [3.05, 3.63) is 39.7 Å². The van der Waals surface area contributed by atoms with Gasteiger partial charge in [-0.3, -0.25) is 0 Å². The van der Waals surface area contributed by atoms with E-state index in [0.29, 0.717) is 5.92 Å². The van der Waals surface area contributed by atoms with Gasteiger partial charge in [-0.1, -0.05) is 53.7 Å². The van der Waals surface area contributed by atoms with E-state index in [-0.39, 0.29) is 10.8 Å². The van der Waals surface area contributed by atoms with E-state index < -0.39 is 0 Å². The molecule has 2 aromatic rings. The van der Waals surface area contributed by atoms with E-state index in [1.165, 1.54) is 98.8 Å². The minimum Gasteiger partial charge on any atom is -0.304 e. The zero-order chi connectivity index (χ0) is 23.6. The fraction of sp³-hybridized carbons (Fsp3) is 0.690. The van der Waals surface area contributed by atoms with Crippen molar-refractivity contribution in [2.45, 2.75) is 90.4 Å². The number of thiazole rings is 1. The molecule has 2 heterocycles. The highest BCUT2D eigenvalue weighted by Crippen LogP contribution is 2.47. The van der Waals surface area contributed by atoms with Crippen LogP contribution in [0.1, 0.15) is 95.7 Å². The Kier molecular flexibility index (Phi) is 7.67. The minimum absolute atomic E-state index is 0.248. The third-order valence-electron chi connectivity index (χ3n) is 8.45. The summed E-state index contributed by atoms with van der Waals surface area (Å²) in [6.45, 7) is 21.4. The molecule has 0 bridgehead atoms. The van der Waals surface area contributed by atoms with Gasteiger partial charge < -0.3 is 9.80 Å². The number of benzene rings is 1. The van der Waals surface area contributed by atoms with Crippen LogP contribution < -0.4 is 0 Å². The van der Waals surface area contributed by atoms with Crippen LogP contribution in [0.2, 0.25) is 0 Å². The highest BCUT2D eigenvalue weighted by Gasteiger charge is 2.37. The monoisotopic (exact) mass is 467 g/mol. The summed E-state index contributed by atoms with van der Waals surface area (Å²) in [5.74, 6) is 0.635. The van der Waals surface area contributed by atoms with Crippen LogP contribution in [0.4, 0.5) is 0 Å². The molecule has 1 saturated heterocycles. The largest absolute Gasteiger partial charge is 0.304 e. The first-order valence-electron chi connectivity index (χ1n) is 13.3. The van der Waals surface area contributed by atoms with Gasteiger partial charge in [-0.05, 0) is 99.4 Å².